The van der Waals surface area contributed by atoms with Gasteiger partial charge in [-0.3, -0.25) is 4.98 Å². The van der Waals surface area contributed by atoms with Crippen molar-refractivity contribution in [3.8, 4) is 11.1 Å². The van der Waals surface area contributed by atoms with Gasteiger partial charge in [-0.1, -0.05) is 19.9 Å². The topological polar surface area (TPSA) is 120 Å². The summed E-state index contributed by atoms with van der Waals surface area (Å²) in [5.41, 5.74) is 2.71. The molecule has 1 unspecified atom stereocenters. The van der Waals surface area contributed by atoms with E-state index in [-0.39, 0.29) is 12.5 Å². The van der Waals surface area contributed by atoms with Crippen molar-refractivity contribution >= 4 is 22.8 Å². The number of carbonyl (C=O) groups is 1. The standard InChI is InChI=1S/C21H25N5O3/c1-13(2)11-18(25-21(28)29)20-24-17-4-3-15(14-5-7-22-8-6-14)12-16(17)19(26-20)23-9-10-27/h3-8,12-13,18,25,27H,9-11H2,1-2H3,(H,28,29)(H,23,24,26). The lowest BCUT2D eigenvalue weighted by atomic mass is 10.0. The summed E-state index contributed by atoms with van der Waals surface area (Å²) in [6.45, 7) is 4.31. The quantitative estimate of drug-likeness (QED) is 0.461. The third-order valence-electron chi connectivity index (χ3n) is 4.45. The second kappa shape index (κ2) is 9.29. The molecule has 29 heavy (non-hydrogen) atoms. The number of benzene rings is 1. The van der Waals surface area contributed by atoms with Gasteiger partial charge in [0.05, 0.1) is 18.2 Å². The van der Waals surface area contributed by atoms with E-state index in [2.05, 4.69) is 25.6 Å². The van der Waals surface area contributed by atoms with Crippen LogP contribution in [0.5, 0.6) is 0 Å². The van der Waals surface area contributed by atoms with Crippen LogP contribution in [-0.2, 0) is 0 Å². The number of anilines is 1. The molecule has 2 aromatic heterocycles. The van der Waals surface area contributed by atoms with Gasteiger partial charge in [0.1, 0.15) is 5.82 Å². The Morgan fingerprint density at radius 3 is 2.52 bits per heavy atom. The van der Waals surface area contributed by atoms with Crippen LogP contribution in [0, 0.1) is 5.92 Å². The number of rotatable bonds is 8. The molecule has 0 radical (unpaired) electrons. The van der Waals surface area contributed by atoms with Crippen LogP contribution in [0.2, 0.25) is 0 Å². The predicted octanol–water partition coefficient (Wildman–Crippen LogP) is 3.45. The zero-order valence-electron chi connectivity index (χ0n) is 16.5. The number of nitrogens with one attached hydrogen (secondary N) is 2. The van der Waals surface area contributed by atoms with Crippen molar-refractivity contribution in [2.45, 2.75) is 26.3 Å². The molecule has 1 atom stereocenters. The van der Waals surface area contributed by atoms with Crippen molar-refractivity contribution in [2.24, 2.45) is 5.92 Å². The Bertz CT molecular complexity index is 979. The second-order valence-electron chi connectivity index (χ2n) is 7.18. The molecule has 0 aliphatic carbocycles. The minimum absolute atomic E-state index is 0.0479. The highest BCUT2D eigenvalue weighted by atomic mass is 16.4. The summed E-state index contributed by atoms with van der Waals surface area (Å²) in [5, 5.41) is 24.9. The van der Waals surface area contributed by atoms with Crippen molar-refractivity contribution in [3.63, 3.8) is 0 Å². The number of fused-ring (bicyclic) bond motifs is 1. The minimum Gasteiger partial charge on any atom is -0.465 e. The van der Waals surface area contributed by atoms with E-state index in [1.165, 1.54) is 0 Å². The number of nitrogens with zero attached hydrogens (tertiary/aromatic N) is 3. The van der Waals surface area contributed by atoms with Crippen LogP contribution in [0.4, 0.5) is 10.6 Å². The molecule has 0 saturated heterocycles. The summed E-state index contributed by atoms with van der Waals surface area (Å²) in [5.74, 6) is 1.23. The molecule has 0 bridgehead atoms. The third-order valence-corrected chi connectivity index (χ3v) is 4.45. The maximum atomic E-state index is 11.3. The monoisotopic (exact) mass is 395 g/mol. The fourth-order valence-corrected chi connectivity index (χ4v) is 3.18. The summed E-state index contributed by atoms with van der Waals surface area (Å²) < 4.78 is 0. The van der Waals surface area contributed by atoms with Crippen molar-refractivity contribution < 1.29 is 15.0 Å². The van der Waals surface area contributed by atoms with E-state index in [1.54, 1.807) is 12.4 Å². The molecular formula is C21H25N5O3. The van der Waals surface area contributed by atoms with E-state index in [0.717, 1.165) is 16.5 Å². The number of pyridine rings is 1. The maximum absolute atomic E-state index is 11.3. The number of carboxylic acid groups (broad SMARTS) is 1. The number of aliphatic hydroxyl groups excluding tert-OH is 1. The Balaban J connectivity index is 2.09. The zero-order valence-corrected chi connectivity index (χ0v) is 16.5. The number of aromatic nitrogens is 3. The van der Waals surface area contributed by atoms with E-state index in [1.807, 2.05) is 44.2 Å². The number of hydrogen-bond donors (Lipinski definition) is 4. The Labute approximate surface area is 169 Å². The molecule has 3 aromatic rings. The maximum Gasteiger partial charge on any atom is 0.405 e. The molecular weight excluding hydrogens is 370 g/mol. The molecule has 0 aliphatic rings. The number of amides is 1. The summed E-state index contributed by atoms with van der Waals surface area (Å²) in [6, 6.07) is 9.17. The first-order chi connectivity index (χ1) is 14.0. The third kappa shape index (κ3) is 5.17. The molecule has 1 amide bonds. The fourth-order valence-electron chi connectivity index (χ4n) is 3.18. The largest absolute Gasteiger partial charge is 0.465 e. The summed E-state index contributed by atoms with van der Waals surface area (Å²) in [4.78, 5) is 24.6. The molecule has 152 valence electrons. The van der Waals surface area contributed by atoms with Crippen LogP contribution in [0.3, 0.4) is 0 Å². The zero-order chi connectivity index (χ0) is 20.8. The molecule has 1 aromatic carbocycles. The van der Waals surface area contributed by atoms with Gasteiger partial charge in [0.25, 0.3) is 0 Å². The van der Waals surface area contributed by atoms with E-state index in [9.17, 15) is 15.0 Å². The van der Waals surface area contributed by atoms with Gasteiger partial charge in [-0.15, -0.1) is 0 Å². The summed E-state index contributed by atoms with van der Waals surface area (Å²) in [6.07, 6.45) is 2.93. The molecule has 8 heteroatoms. The Morgan fingerprint density at radius 1 is 1.10 bits per heavy atom. The van der Waals surface area contributed by atoms with Crippen LogP contribution < -0.4 is 10.6 Å². The Morgan fingerprint density at radius 2 is 1.86 bits per heavy atom. The van der Waals surface area contributed by atoms with Crippen LogP contribution in [0.25, 0.3) is 22.0 Å². The lowest BCUT2D eigenvalue weighted by Gasteiger charge is -2.19. The van der Waals surface area contributed by atoms with Crippen molar-refractivity contribution in [1.29, 1.82) is 0 Å². The average Bonchev–Trinajstić information content (AvgIpc) is 2.71. The second-order valence-corrected chi connectivity index (χ2v) is 7.18. The highest BCUT2D eigenvalue weighted by Gasteiger charge is 2.21. The Hall–Kier alpha value is -3.26. The van der Waals surface area contributed by atoms with Crippen LogP contribution in [0.1, 0.15) is 32.1 Å². The number of hydrogen-bond acceptors (Lipinski definition) is 6. The van der Waals surface area contributed by atoms with Crippen LogP contribution in [-0.4, -0.2) is 44.4 Å². The van der Waals surface area contributed by atoms with Crippen LogP contribution in [0.15, 0.2) is 42.7 Å². The minimum atomic E-state index is -1.11. The van der Waals surface area contributed by atoms with Gasteiger partial charge in [-0.2, -0.15) is 0 Å². The lowest BCUT2D eigenvalue weighted by Crippen LogP contribution is -2.29. The van der Waals surface area contributed by atoms with Gasteiger partial charge < -0.3 is 20.8 Å². The van der Waals surface area contributed by atoms with Gasteiger partial charge >= 0.3 is 6.09 Å². The van der Waals surface area contributed by atoms with Gasteiger partial charge in [-0.25, -0.2) is 14.8 Å². The average molecular weight is 395 g/mol. The highest BCUT2D eigenvalue weighted by molar-refractivity contribution is 5.92. The van der Waals surface area contributed by atoms with Gasteiger partial charge in [-0.05, 0) is 47.7 Å². The van der Waals surface area contributed by atoms with Crippen LogP contribution >= 0.6 is 0 Å². The highest BCUT2D eigenvalue weighted by Crippen LogP contribution is 2.29. The van der Waals surface area contributed by atoms with E-state index < -0.39 is 12.1 Å². The summed E-state index contributed by atoms with van der Waals surface area (Å²) in [7, 11) is 0. The molecule has 0 fully saturated rings. The van der Waals surface area contributed by atoms with Crippen molar-refractivity contribution in [2.75, 3.05) is 18.5 Å². The smallest absolute Gasteiger partial charge is 0.405 e. The fraction of sp³-hybridized carbons (Fsp3) is 0.333. The number of aliphatic hydroxyl groups is 1. The Kier molecular flexibility index (Phi) is 6.56. The summed E-state index contributed by atoms with van der Waals surface area (Å²) >= 11 is 0. The normalized spacial score (nSPS) is 12.1. The van der Waals surface area contributed by atoms with E-state index in [4.69, 9.17) is 0 Å². The molecule has 0 saturated carbocycles. The van der Waals surface area contributed by atoms with Gasteiger partial charge in [0.15, 0.2) is 5.82 Å². The molecule has 4 N–H and O–H groups in total. The van der Waals surface area contributed by atoms with Gasteiger partial charge in [0, 0.05) is 24.3 Å². The van der Waals surface area contributed by atoms with Gasteiger partial charge in [0.2, 0.25) is 0 Å². The molecule has 0 aliphatic heterocycles. The SMILES string of the molecule is CC(C)CC(NC(=O)O)c1nc(NCCO)c2cc(-c3ccncc3)ccc2n1. The first-order valence-corrected chi connectivity index (χ1v) is 9.54. The van der Waals surface area contributed by atoms with E-state index in [0.29, 0.717) is 30.1 Å². The molecule has 0 spiro atoms. The molecule has 8 nitrogen and oxygen atoms in total. The van der Waals surface area contributed by atoms with E-state index >= 15 is 0 Å². The molecule has 3 rings (SSSR count). The van der Waals surface area contributed by atoms with Crippen molar-refractivity contribution in [3.05, 3.63) is 48.5 Å². The first kappa shape index (κ1) is 20.5. The molecule has 2 heterocycles. The first-order valence-electron chi connectivity index (χ1n) is 9.54. The van der Waals surface area contributed by atoms with Crippen molar-refractivity contribution in [1.82, 2.24) is 20.3 Å². The lowest BCUT2D eigenvalue weighted by molar-refractivity contribution is 0.187. The predicted molar refractivity (Wildman–Crippen MR) is 112 cm³/mol.